The van der Waals surface area contributed by atoms with Gasteiger partial charge in [-0.1, -0.05) is 36.8 Å². The molecule has 2 rings (SSSR count). The van der Waals surface area contributed by atoms with E-state index in [0.717, 1.165) is 12.5 Å². The van der Waals surface area contributed by atoms with Gasteiger partial charge in [0.1, 0.15) is 9.84 Å². The normalized spacial score (nSPS) is 16.3. The number of hydrogen-bond donors (Lipinski definition) is 2. The molecule has 6 nitrogen and oxygen atoms in total. The van der Waals surface area contributed by atoms with Gasteiger partial charge in [0.15, 0.2) is 5.96 Å². The number of ether oxygens (including phenoxy) is 1. The van der Waals surface area contributed by atoms with E-state index in [2.05, 4.69) is 39.9 Å². The Kier molecular flexibility index (Phi) is 9.88. The minimum atomic E-state index is -2.96. The van der Waals surface area contributed by atoms with E-state index in [9.17, 15) is 8.42 Å². The van der Waals surface area contributed by atoms with Crippen LogP contribution < -0.4 is 10.6 Å². The van der Waals surface area contributed by atoms with Gasteiger partial charge in [0, 0.05) is 31.8 Å². The molecule has 2 N–H and O–H groups in total. The summed E-state index contributed by atoms with van der Waals surface area (Å²) in [6.07, 6.45) is 4.85. The van der Waals surface area contributed by atoms with E-state index < -0.39 is 9.84 Å². The highest BCUT2D eigenvalue weighted by atomic mass is 127. The third-order valence-corrected chi connectivity index (χ3v) is 5.56. The Morgan fingerprint density at radius 2 is 1.88 bits per heavy atom. The molecule has 1 aromatic carbocycles. The summed E-state index contributed by atoms with van der Waals surface area (Å²) in [6, 6.07) is 10.6. The number of halogens is 1. The van der Waals surface area contributed by atoms with Gasteiger partial charge in [0.05, 0.1) is 19.0 Å². The van der Waals surface area contributed by atoms with Crippen molar-refractivity contribution < 1.29 is 13.2 Å². The van der Waals surface area contributed by atoms with Crippen LogP contribution in [0.3, 0.4) is 0 Å². The summed E-state index contributed by atoms with van der Waals surface area (Å²) in [5.74, 6) is 0.799. The van der Waals surface area contributed by atoms with Gasteiger partial charge in [-0.05, 0) is 18.4 Å². The lowest BCUT2D eigenvalue weighted by Crippen LogP contribution is -2.49. The van der Waals surface area contributed by atoms with Crippen LogP contribution in [0.2, 0.25) is 0 Å². The molecular weight excluding hydrogens is 465 g/mol. The highest BCUT2D eigenvalue weighted by molar-refractivity contribution is 14.0. The van der Waals surface area contributed by atoms with Crippen molar-refractivity contribution in [1.82, 2.24) is 10.6 Å². The molecule has 1 saturated carbocycles. The minimum absolute atomic E-state index is 0. The molecule has 0 radical (unpaired) electrons. The van der Waals surface area contributed by atoms with Crippen LogP contribution in [0, 0.1) is 0 Å². The predicted molar refractivity (Wildman–Crippen MR) is 117 cm³/mol. The van der Waals surface area contributed by atoms with Crippen LogP contribution in [0.5, 0.6) is 0 Å². The predicted octanol–water partition coefficient (Wildman–Crippen LogP) is 1.95. The van der Waals surface area contributed by atoms with Crippen molar-refractivity contribution in [2.45, 2.75) is 24.7 Å². The lowest BCUT2D eigenvalue weighted by Gasteiger charge is -2.43. The first kappa shape index (κ1) is 23.2. The van der Waals surface area contributed by atoms with Gasteiger partial charge < -0.3 is 15.4 Å². The zero-order chi connectivity index (χ0) is 18.2. The summed E-state index contributed by atoms with van der Waals surface area (Å²) in [5, 5.41) is 6.62. The Morgan fingerprint density at radius 3 is 2.42 bits per heavy atom. The van der Waals surface area contributed by atoms with Crippen LogP contribution in [-0.4, -0.2) is 59.7 Å². The molecule has 0 spiro atoms. The molecule has 0 heterocycles. The second-order valence-corrected chi connectivity index (χ2v) is 8.85. The van der Waals surface area contributed by atoms with Crippen LogP contribution >= 0.6 is 24.0 Å². The molecule has 0 bridgehead atoms. The smallest absolute Gasteiger partial charge is 0.191 e. The number of benzene rings is 1. The van der Waals surface area contributed by atoms with E-state index in [-0.39, 0.29) is 41.8 Å². The van der Waals surface area contributed by atoms with E-state index in [1.165, 1.54) is 31.1 Å². The van der Waals surface area contributed by atoms with Crippen LogP contribution in [-0.2, 0) is 20.0 Å². The first-order chi connectivity index (χ1) is 12.0. The molecule has 8 heteroatoms. The molecule has 1 fully saturated rings. The average molecular weight is 495 g/mol. The third kappa shape index (κ3) is 7.40. The van der Waals surface area contributed by atoms with Gasteiger partial charge in [-0.3, -0.25) is 4.99 Å². The molecule has 0 atom stereocenters. The van der Waals surface area contributed by atoms with Crippen molar-refractivity contribution in [3.05, 3.63) is 35.9 Å². The standard InChI is InChI=1S/C18H29N3O3S.HI/c1-19-17(20-11-12-24-13-14-25(2,22)23)21-15-18(9-6-10-18)16-7-4-3-5-8-16;/h3-5,7-8H,6,9-15H2,1-2H3,(H2,19,20,21);1H. The van der Waals surface area contributed by atoms with Gasteiger partial charge in [-0.2, -0.15) is 0 Å². The van der Waals surface area contributed by atoms with Crippen molar-refractivity contribution in [3.8, 4) is 0 Å². The lowest BCUT2D eigenvalue weighted by molar-refractivity contribution is 0.154. The Hall–Kier alpha value is -0.870. The van der Waals surface area contributed by atoms with E-state index >= 15 is 0 Å². The highest BCUT2D eigenvalue weighted by Gasteiger charge is 2.38. The SMILES string of the molecule is CN=C(NCCOCCS(C)(=O)=O)NCC1(c2ccccc2)CCC1.I. The molecule has 0 aliphatic heterocycles. The zero-order valence-corrected chi connectivity index (χ0v) is 18.7. The summed E-state index contributed by atoms with van der Waals surface area (Å²) in [5.41, 5.74) is 1.58. The van der Waals surface area contributed by atoms with Crippen LogP contribution in [0.1, 0.15) is 24.8 Å². The second kappa shape index (κ2) is 11.1. The van der Waals surface area contributed by atoms with E-state index in [0.29, 0.717) is 13.2 Å². The average Bonchev–Trinajstić information content (AvgIpc) is 2.55. The number of nitrogens with one attached hydrogen (secondary N) is 2. The van der Waals surface area contributed by atoms with Crippen molar-refractivity contribution >= 4 is 39.8 Å². The molecule has 1 aliphatic carbocycles. The maximum Gasteiger partial charge on any atom is 0.191 e. The van der Waals surface area contributed by atoms with Gasteiger partial charge in [0.25, 0.3) is 0 Å². The van der Waals surface area contributed by atoms with Crippen LogP contribution in [0.25, 0.3) is 0 Å². The topological polar surface area (TPSA) is 79.8 Å². The second-order valence-electron chi connectivity index (χ2n) is 6.59. The highest BCUT2D eigenvalue weighted by Crippen LogP contribution is 2.43. The van der Waals surface area contributed by atoms with E-state index in [1.807, 2.05) is 6.07 Å². The first-order valence-electron chi connectivity index (χ1n) is 8.71. The number of hydrogen-bond acceptors (Lipinski definition) is 4. The summed E-state index contributed by atoms with van der Waals surface area (Å²) in [7, 11) is -1.22. The first-order valence-corrected chi connectivity index (χ1v) is 10.8. The Morgan fingerprint density at radius 1 is 1.19 bits per heavy atom. The Labute approximate surface area is 174 Å². The number of nitrogens with zero attached hydrogens (tertiary/aromatic N) is 1. The molecule has 26 heavy (non-hydrogen) atoms. The Bertz CT molecular complexity index is 662. The fraction of sp³-hybridized carbons (Fsp3) is 0.611. The zero-order valence-electron chi connectivity index (χ0n) is 15.5. The number of guanidine groups is 1. The van der Waals surface area contributed by atoms with E-state index in [1.54, 1.807) is 7.05 Å². The van der Waals surface area contributed by atoms with Crippen molar-refractivity contribution in [1.29, 1.82) is 0 Å². The number of aliphatic imine (C=N–C) groups is 1. The minimum Gasteiger partial charge on any atom is -0.379 e. The Balaban J connectivity index is 0.00000338. The van der Waals surface area contributed by atoms with Crippen molar-refractivity contribution in [3.63, 3.8) is 0 Å². The molecule has 0 amide bonds. The molecule has 0 unspecified atom stereocenters. The van der Waals surface area contributed by atoms with Crippen molar-refractivity contribution in [2.75, 3.05) is 45.4 Å². The summed E-state index contributed by atoms with van der Waals surface area (Å²) in [4.78, 5) is 4.24. The molecule has 1 aliphatic rings. The third-order valence-electron chi connectivity index (χ3n) is 4.65. The monoisotopic (exact) mass is 495 g/mol. The summed E-state index contributed by atoms with van der Waals surface area (Å²) in [6.45, 7) is 2.11. The van der Waals surface area contributed by atoms with Gasteiger partial charge in [0.2, 0.25) is 0 Å². The van der Waals surface area contributed by atoms with Crippen LogP contribution in [0.4, 0.5) is 0 Å². The molecule has 148 valence electrons. The quantitative estimate of drug-likeness (QED) is 0.237. The number of sulfone groups is 1. The van der Waals surface area contributed by atoms with Crippen molar-refractivity contribution in [2.24, 2.45) is 4.99 Å². The molecule has 1 aromatic rings. The lowest BCUT2D eigenvalue weighted by atomic mass is 9.64. The van der Waals surface area contributed by atoms with Gasteiger partial charge in [-0.15, -0.1) is 24.0 Å². The summed E-state index contributed by atoms with van der Waals surface area (Å²) >= 11 is 0. The largest absolute Gasteiger partial charge is 0.379 e. The van der Waals surface area contributed by atoms with Gasteiger partial charge >= 0.3 is 0 Å². The number of rotatable bonds is 9. The fourth-order valence-electron chi connectivity index (χ4n) is 2.99. The van der Waals surface area contributed by atoms with Crippen LogP contribution in [0.15, 0.2) is 35.3 Å². The maximum absolute atomic E-state index is 11.0. The molecule has 0 saturated heterocycles. The fourth-order valence-corrected chi connectivity index (χ4v) is 3.41. The van der Waals surface area contributed by atoms with E-state index in [4.69, 9.17) is 4.74 Å². The molecule has 0 aromatic heterocycles. The maximum atomic E-state index is 11.0. The summed E-state index contributed by atoms with van der Waals surface area (Å²) < 4.78 is 27.4. The molecular formula is C18H30IN3O3S. The van der Waals surface area contributed by atoms with Gasteiger partial charge in [-0.25, -0.2) is 8.42 Å².